The molecule has 3 aromatic rings. The maximum atomic E-state index is 12.8. The van der Waals surface area contributed by atoms with Gasteiger partial charge in [-0.25, -0.2) is 4.98 Å². The topological polar surface area (TPSA) is 50.7 Å². The van der Waals surface area contributed by atoms with Crippen LogP contribution in [0.3, 0.4) is 0 Å². The number of hydrogen-bond acceptors (Lipinski definition) is 3. The van der Waals surface area contributed by atoms with Crippen molar-refractivity contribution >= 4 is 33.7 Å². The van der Waals surface area contributed by atoms with Crippen molar-refractivity contribution < 1.29 is 0 Å². The van der Waals surface area contributed by atoms with Gasteiger partial charge in [0.15, 0.2) is 5.16 Å². The Labute approximate surface area is 133 Å². The molecule has 2 aromatic heterocycles. The number of hydrogen-bond donors (Lipinski definition) is 1. The number of fused-ring (bicyclic) bond motifs is 3. The minimum atomic E-state index is -0.0353. The number of rotatable bonds is 5. The van der Waals surface area contributed by atoms with E-state index in [1.54, 1.807) is 22.4 Å². The first-order chi connectivity index (χ1) is 10.7. The van der Waals surface area contributed by atoms with Crippen molar-refractivity contribution in [1.82, 2.24) is 14.5 Å². The lowest BCUT2D eigenvalue weighted by Gasteiger charge is -2.13. The van der Waals surface area contributed by atoms with Gasteiger partial charge in [0.2, 0.25) is 0 Å². The quantitative estimate of drug-likeness (QED) is 0.441. The lowest BCUT2D eigenvalue weighted by atomic mass is 10.2. The second kappa shape index (κ2) is 6.01. The van der Waals surface area contributed by atoms with Crippen molar-refractivity contribution in [2.75, 3.05) is 0 Å². The standard InChI is InChI=1S/C17H19N3OS/c1-4-10-20-16(21)15-14(19-17(20)22-11(3)5-2)12-8-6-7-9-13(12)18-15/h4,6-9,11,18H,1,5,10H2,2-3H3. The fraction of sp³-hybridized carbons (Fsp3) is 0.294. The fourth-order valence-corrected chi connectivity index (χ4v) is 3.37. The van der Waals surface area contributed by atoms with Gasteiger partial charge in [-0.3, -0.25) is 9.36 Å². The number of benzene rings is 1. The van der Waals surface area contributed by atoms with Crippen LogP contribution in [0, 0.1) is 0 Å². The van der Waals surface area contributed by atoms with Gasteiger partial charge >= 0.3 is 0 Å². The second-order valence-electron chi connectivity index (χ2n) is 5.33. The number of aromatic amines is 1. The predicted octanol–water partition coefficient (Wildman–Crippen LogP) is 3.95. The molecule has 1 atom stereocenters. The minimum Gasteiger partial charge on any atom is -0.349 e. The van der Waals surface area contributed by atoms with E-state index in [1.165, 1.54) is 0 Å². The van der Waals surface area contributed by atoms with E-state index in [0.29, 0.717) is 17.3 Å². The molecule has 5 heteroatoms. The molecule has 0 fully saturated rings. The summed E-state index contributed by atoms with van der Waals surface area (Å²) < 4.78 is 1.70. The molecule has 0 aliphatic rings. The van der Waals surface area contributed by atoms with Gasteiger partial charge in [0, 0.05) is 22.7 Å². The lowest BCUT2D eigenvalue weighted by Crippen LogP contribution is -2.23. The summed E-state index contributed by atoms with van der Waals surface area (Å²) in [5.41, 5.74) is 2.23. The van der Waals surface area contributed by atoms with Gasteiger partial charge in [-0.2, -0.15) is 0 Å². The highest BCUT2D eigenvalue weighted by Crippen LogP contribution is 2.27. The summed E-state index contributed by atoms with van der Waals surface area (Å²) in [6.07, 6.45) is 2.76. The number of H-pyrrole nitrogens is 1. The monoisotopic (exact) mass is 313 g/mol. The Morgan fingerprint density at radius 3 is 2.95 bits per heavy atom. The Morgan fingerprint density at radius 2 is 2.23 bits per heavy atom. The largest absolute Gasteiger partial charge is 0.349 e. The SMILES string of the molecule is C=CCn1c(SC(C)CC)nc2c([nH]c3ccccc32)c1=O. The molecular formula is C17H19N3OS. The summed E-state index contributed by atoms with van der Waals surface area (Å²) in [4.78, 5) is 20.8. The Balaban J connectivity index is 2.31. The summed E-state index contributed by atoms with van der Waals surface area (Å²) >= 11 is 1.64. The van der Waals surface area contributed by atoms with Crippen LogP contribution < -0.4 is 5.56 Å². The van der Waals surface area contributed by atoms with Crippen LogP contribution in [0.5, 0.6) is 0 Å². The van der Waals surface area contributed by atoms with Crippen LogP contribution in [0.15, 0.2) is 46.9 Å². The maximum Gasteiger partial charge on any atom is 0.278 e. The molecular weight excluding hydrogens is 294 g/mol. The number of allylic oxidation sites excluding steroid dienone is 1. The summed E-state index contributed by atoms with van der Waals surface area (Å²) in [5, 5.41) is 2.16. The van der Waals surface area contributed by atoms with E-state index < -0.39 is 0 Å². The molecule has 3 rings (SSSR count). The average molecular weight is 313 g/mol. The highest BCUT2D eigenvalue weighted by Gasteiger charge is 2.16. The van der Waals surface area contributed by atoms with Crippen molar-refractivity contribution in [3.8, 4) is 0 Å². The van der Waals surface area contributed by atoms with E-state index in [0.717, 1.165) is 28.0 Å². The summed E-state index contributed by atoms with van der Waals surface area (Å²) in [6, 6.07) is 7.88. The minimum absolute atomic E-state index is 0.0353. The fourth-order valence-electron chi connectivity index (χ4n) is 2.42. The third kappa shape index (κ3) is 2.46. The van der Waals surface area contributed by atoms with Crippen LogP contribution in [0.1, 0.15) is 20.3 Å². The van der Waals surface area contributed by atoms with Gasteiger partial charge in [-0.05, 0) is 12.5 Å². The molecule has 0 aliphatic heterocycles. The van der Waals surface area contributed by atoms with Crippen molar-refractivity contribution in [2.24, 2.45) is 0 Å². The second-order valence-corrected chi connectivity index (χ2v) is 6.74. The van der Waals surface area contributed by atoms with Gasteiger partial charge in [0.1, 0.15) is 11.0 Å². The molecule has 22 heavy (non-hydrogen) atoms. The molecule has 0 spiro atoms. The molecule has 1 aromatic carbocycles. The zero-order chi connectivity index (χ0) is 15.7. The summed E-state index contributed by atoms with van der Waals surface area (Å²) in [7, 11) is 0. The molecule has 1 N–H and O–H groups in total. The van der Waals surface area contributed by atoms with E-state index in [-0.39, 0.29) is 5.56 Å². The Morgan fingerprint density at radius 1 is 1.45 bits per heavy atom. The lowest BCUT2D eigenvalue weighted by molar-refractivity contribution is 0.668. The number of para-hydroxylation sites is 1. The number of nitrogens with one attached hydrogen (secondary N) is 1. The van der Waals surface area contributed by atoms with Crippen molar-refractivity contribution in [1.29, 1.82) is 0 Å². The number of nitrogens with zero attached hydrogens (tertiary/aromatic N) is 2. The van der Waals surface area contributed by atoms with Gasteiger partial charge in [0.25, 0.3) is 5.56 Å². The third-order valence-corrected chi connectivity index (χ3v) is 5.03. The van der Waals surface area contributed by atoms with Crippen LogP contribution >= 0.6 is 11.8 Å². The molecule has 2 heterocycles. The van der Waals surface area contributed by atoms with Crippen LogP contribution in [0.25, 0.3) is 21.9 Å². The predicted molar refractivity (Wildman–Crippen MR) is 93.7 cm³/mol. The highest BCUT2D eigenvalue weighted by molar-refractivity contribution is 7.99. The number of aromatic nitrogens is 3. The molecule has 0 radical (unpaired) electrons. The average Bonchev–Trinajstić information content (AvgIpc) is 2.90. The molecule has 0 saturated carbocycles. The van der Waals surface area contributed by atoms with Crippen molar-refractivity contribution in [3.63, 3.8) is 0 Å². The molecule has 1 unspecified atom stereocenters. The van der Waals surface area contributed by atoms with Gasteiger partial charge in [-0.1, -0.05) is 49.9 Å². The Hall–Kier alpha value is -2.01. The van der Waals surface area contributed by atoms with Gasteiger partial charge in [-0.15, -0.1) is 6.58 Å². The first kappa shape index (κ1) is 14.9. The van der Waals surface area contributed by atoms with Crippen LogP contribution in [-0.2, 0) is 6.54 Å². The first-order valence-corrected chi connectivity index (χ1v) is 8.32. The third-order valence-electron chi connectivity index (χ3n) is 3.77. The zero-order valence-electron chi connectivity index (χ0n) is 12.8. The van der Waals surface area contributed by atoms with Crippen molar-refractivity contribution in [3.05, 3.63) is 47.3 Å². The van der Waals surface area contributed by atoms with E-state index in [2.05, 4.69) is 25.4 Å². The Bertz CT molecular complexity index is 894. The van der Waals surface area contributed by atoms with Gasteiger partial charge in [0.05, 0.1) is 0 Å². The molecule has 114 valence electrons. The summed E-state index contributed by atoms with van der Waals surface area (Å²) in [5.74, 6) is 0. The molecule has 0 amide bonds. The molecule has 0 aliphatic carbocycles. The summed E-state index contributed by atoms with van der Waals surface area (Å²) in [6.45, 7) is 8.51. The van der Waals surface area contributed by atoms with Crippen LogP contribution in [0.2, 0.25) is 0 Å². The highest BCUT2D eigenvalue weighted by atomic mass is 32.2. The van der Waals surface area contributed by atoms with E-state index >= 15 is 0 Å². The zero-order valence-corrected chi connectivity index (χ0v) is 13.6. The molecule has 0 bridgehead atoms. The smallest absolute Gasteiger partial charge is 0.278 e. The molecule has 0 saturated heterocycles. The van der Waals surface area contributed by atoms with E-state index in [9.17, 15) is 4.79 Å². The van der Waals surface area contributed by atoms with E-state index in [1.807, 2.05) is 24.3 Å². The van der Waals surface area contributed by atoms with Crippen LogP contribution in [-0.4, -0.2) is 19.8 Å². The maximum absolute atomic E-state index is 12.8. The first-order valence-electron chi connectivity index (χ1n) is 7.44. The normalized spacial score (nSPS) is 12.8. The van der Waals surface area contributed by atoms with Crippen molar-refractivity contribution in [2.45, 2.75) is 37.2 Å². The van der Waals surface area contributed by atoms with Gasteiger partial charge < -0.3 is 4.98 Å². The number of thioether (sulfide) groups is 1. The molecule has 4 nitrogen and oxygen atoms in total. The van der Waals surface area contributed by atoms with E-state index in [4.69, 9.17) is 4.98 Å². The van der Waals surface area contributed by atoms with Crippen LogP contribution in [0.4, 0.5) is 0 Å². The Kier molecular flexibility index (Phi) is 4.07.